The Morgan fingerprint density at radius 3 is 2.74 bits per heavy atom. The van der Waals surface area contributed by atoms with Crippen LogP contribution in [0.25, 0.3) is 0 Å². The molecule has 144 valence electrons. The van der Waals surface area contributed by atoms with E-state index in [4.69, 9.17) is 0 Å². The van der Waals surface area contributed by atoms with Gasteiger partial charge < -0.3 is 5.32 Å². The van der Waals surface area contributed by atoms with Crippen molar-refractivity contribution in [3.63, 3.8) is 0 Å². The molecule has 3 unspecified atom stereocenters. The van der Waals surface area contributed by atoms with Crippen LogP contribution in [-0.4, -0.2) is 33.7 Å². The molecule has 7 heteroatoms. The Balaban J connectivity index is 1.59. The monoisotopic (exact) mass is 370 g/mol. The maximum atomic E-state index is 12.8. The first kappa shape index (κ1) is 19.3. The lowest BCUT2D eigenvalue weighted by atomic mass is 9.83. The fourth-order valence-corrected chi connectivity index (χ4v) is 3.81. The topological polar surface area (TPSA) is 116 Å². The van der Waals surface area contributed by atoms with Crippen LogP contribution >= 0.6 is 0 Å². The van der Waals surface area contributed by atoms with Crippen molar-refractivity contribution in [1.82, 2.24) is 15.5 Å². The number of hydrogen-bond acceptors (Lipinski definition) is 5. The number of aromatic amines is 1. The van der Waals surface area contributed by atoms with Crippen LogP contribution < -0.4 is 5.32 Å². The zero-order valence-electron chi connectivity index (χ0n) is 15.4. The summed E-state index contributed by atoms with van der Waals surface area (Å²) in [6.07, 6.45) is 8.07. The Kier molecular flexibility index (Phi) is 6.38. The first-order valence-corrected chi connectivity index (χ1v) is 9.82. The Labute approximate surface area is 158 Å². The largest absolute Gasteiger partial charge is 0.340 e. The van der Waals surface area contributed by atoms with Crippen LogP contribution in [0.1, 0.15) is 68.3 Å². The zero-order chi connectivity index (χ0) is 19.2. The van der Waals surface area contributed by atoms with Crippen LogP contribution in [0.3, 0.4) is 0 Å². The van der Waals surface area contributed by atoms with E-state index in [9.17, 15) is 19.6 Å². The van der Waals surface area contributed by atoms with E-state index in [2.05, 4.69) is 21.6 Å². The fourth-order valence-electron chi connectivity index (χ4n) is 3.81. The van der Waals surface area contributed by atoms with Gasteiger partial charge in [0.2, 0.25) is 5.91 Å². The first-order valence-electron chi connectivity index (χ1n) is 9.82. The lowest BCUT2D eigenvalue weighted by Crippen LogP contribution is -2.41. The van der Waals surface area contributed by atoms with Crippen LogP contribution in [0.4, 0.5) is 0 Å². The molecule has 0 spiro atoms. The molecule has 2 aliphatic rings. The van der Waals surface area contributed by atoms with Gasteiger partial charge in [0.1, 0.15) is 17.5 Å². The molecule has 27 heavy (non-hydrogen) atoms. The summed E-state index contributed by atoms with van der Waals surface area (Å²) in [5.41, 5.74) is 0.397. The van der Waals surface area contributed by atoms with Crippen LogP contribution in [0.15, 0.2) is 12.3 Å². The molecule has 0 aliphatic heterocycles. The summed E-state index contributed by atoms with van der Waals surface area (Å²) in [4.78, 5) is 37.2. The maximum absolute atomic E-state index is 12.8. The number of amides is 1. The number of carbonyl (C=O) groups excluding carboxylic acids is 3. The standard InChI is InChI=1S/C20H26N4O3/c21-12-16(10-14-3-1-2-4-18(14)25)23-20(27)15(9-13-5-6-13)11-19(26)17-7-8-22-24-17/h7-8,13-16H,1-6,9-11H2,(H,22,24)(H,23,27). The second-order valence-electron chi connectivity index (χ2n) is 7.81. The number of ketones is 2. The van der Waals surface area contributed by atoms with Crippen molar-refractivity contribution in [2.24, 2.45) is 17.8 Å². The number of rotatable bonds is 9. The van der Waals surface area contributed by atoms with E-state index < -0.39 is 12.0 Å². The molecule has 0 radical (unpaired) electrons. The number of aromatic nitrogens is 2. The summed E-state index contributed by atoms with van der Waals surface area (Å²) in [7, 11) is 0. The summed E-state index contributed by atoms with van der Waals surface area (Å²) < 4.78 is 0. The molecule has 1 amide bonds. The summed E-state index contributed by atoms with van der Waals surface area (Å²) in [6, 6.07) is 3.03. The number of nitriles is 1. The third kappa shape index (κ3) is 5.49. The molecule has 1 aromatic heterocycles. The van der Waals surface area contributed by atoms with Crippen molar-refractivity contribution in [3.05, 3.63) is 18.0 Å². The number of hydrogen-bond donors (Lipinski definition) is 2. The second kappa shape index (κ2) is 8.94. The molecule has 2 fully saturated rings. The van der Waals surface area contributed by atoms with Crippen molar-refractivity contribution in [1.29, 1.82) is 5.26 Å². The molecule has 0 bridgehead atoms. The van der Waals surface area contributed by atoms with Crippen LogP contribution in [0, 0.1) is 29.1 Å². The quantitative estimate of drug-likeness (QED) is 0.648. The van der Waals surface area contributed by atoms with Crippen LogP contribution in [0.5, 0.6) is 0 Å². The Bertz CT molecular complexity index is 718. The summed E-state index contributed by atoms with van der Waals surface area (Å²) in [5.74, 6) is -0.326. The highest BCUT2D eigenvalue weighted by Gasteiger charge is 2.33. The van der Waals surface area contributed by atoms with Gasteiger partial charge in [0, 0.05) is 30.9 Å². The average Bonchev–Trinajstić information content (AvgIpc) is 3.30. The maximum Gasteiger partial charge on any atom is 0.224 e. The highest BCUT2D eigenvalue weighted by Crippen LogP contribution is 2.36. The molecule has 3 atom stereocenters. The predicted octanol–water partition coefficient (Wildman–Crippen LogP) is 2.56. The molecule has 2 N–H and O–H groups in total. The van der Waals surface area contributed by atoms with E-state index in [1.54, 1.807) is 6.07 Å². The van der Waals surface area contributed by atoms with E-state index in [-0.39, 0.29) is 29.8 Å². The lowest BCUT2D eigenvalue weighted by molar-refractivity contribution is -0.127. The van der Waals surface area contributed by atoms with Gasteiger partial charge in [0.05, 0.1) is 6.07 Å². The molecular formula is C20H26N4O3. The minimum absolute atomic E-state index is 0.102. The van der Waals surface area contributed by atoms with E-state index in [1.165, 1.54) is 6.20 Å². The molecule has 1 heterocycles. The molecule has 3 rings (SSSR count). The van der Waals surface area contributed by atoms with Crippen molar-refractivity contribution < 1.29 is 14.4 Å². The van der Waals surface area contributed by atoms with Gasteiger partial charge in [-0.2, -0.15) is 10.4 Å². The summed E-state index contributed by atoms with van der Waals surface area (Å²) >= 11 is 0. The predicted molar refractivity (Wildman–Crippen MR) is 97.5 cm³/mol. The fraction of sp³-hybridized carbons (Fsp3) is 0.650. The first-order chi connectivity index (χ1) is 13.1. The van der Waals surface area contributed by atoms with E-state index in [0.717, 1.165) is 32.1 Å². The van der Waals surface area contributed by atoms with E-state index in [1.807, 2.05) is 0 Å². The SMILES string of the molecule is N#CC(CC1CCCCC1=O)NC(=O)C(CC(=O)c1ccn[nH]1)CC1CC1. The third-order valence-electron chi connectivity index (χ3n) is 5.59. The van der Waals surface area contributed by atoms with Crippen LogP contribution in [0.2, 0.25) is 0 Å². The van der Waals surface area contributed by atoms with E-state index in [0.29, 0.717) is 30.9 Å². The van der Waals surface area contributed by atoms with Crippen molar-refractivity contribution in [2.45, 2.75) is 63.8 Å². The molecule has 2 aliphatic carbocycles. The van der Waals surface area contributed by atoms with Gasteiger partial charge in [-0.15, -0.1) is 0 Å². The van der Waals surface area contributed by atoms with Crippen molar-refractivity contribution >= 4 is 17.5 Å². The Morgan fingerprint density at radius 2 is 2.11 bits per heavy atom. The molecule has 0 aromatic carbocycles. The molecule has 2 saturated carbocycles. The Morgan fingerprint density at radius 1 is 1.30 bits per heavy atom. The minimum atomic E-state index is -0.687. The Hall–Kier alpha value is -2.49. The minimum Gasteiger partial charge on any atom is -0.340 e. The third-order valence-corrected chi connectivity index (χ3v) is 5.59. The van der Waals surface area contributed by atoms with Gasteiger partial charge >= 0.3 is 0 Å². The number of nitrogens with one attached hydrogen (secondary N) is 2. The van der Waals surface area contributed by atoms with Crippen molar-refractivity contribution in [3.8, 4) is 6.07 Å². The van der Waals surface area contributed by atoms with Gasteiger partial charge in [0.25, 0.3) is 0 Å². The van der Waals surface area contributed by atoms with E-state index >= 15 is 0 Å². The average molecular weight is 370 g/mol. The molecular weight excluding hydrogens is 344 g/mol. The summed E-state index contributed by atoms with van der Waals surface area (Å²) in [6.45, 7) is 0. The van der Waals surface area contributed by atoms with Gasteiger partial charge in [-0.05, 0) is 37.7 Å². The van der Waals surface area contributed by atoms with Crippen LogP contribution in [-0.2, 0) is 9.59 Å². The molecule has 7 nitrogen and oxygen atoms in total. The van der Waals surface area contributed by atoms with Crippen molar-refractivity contribution in [2.75, 3.05) is 0 Å². The number of H-pyrrole nitrogens is 1. The van der Waals surface area contributed by atoms with Gasteiger partial charge in [-0.1, -0.05) is 19.3 Å². The lowest BCUT2D eigenvalue weighted by Gasteiger charge is -2.24. The number of nitrogens with zero attached hydrogens (tertiary/aromatic N) is 2. The summed E-state index contributed by atoms with van der Waals surface area (Å²) in [5, 5.41) is 18.7. The molecule has 0 saturated heterocycles. The van der Waals surface area contributed by atoms with Gasteiger partial charge in [-0.25, -0.2) is 0 Å². The normalized spacial score (nSPS) is 21.9. The zero-order valence-corrected chi connectivity index (χ0v) is 15.4. The molecule has 1 aromatic rings. The highest BCUT2D eigenvalue weighted by molar-refractivity contribution is 5.97. The smallest absolute Gasteiger partial charge is 0.224 e. The van der Waals surface area contributed by atoms with Gasteiger partial charge in [-0.3, -0.25) is 19.5 Å². The van der Waals surface area contributed by atoms with Gasteiger partial charge in [0.15, 0.2) is 5.78 Å². The highest BCUT2D eigenvalue weighted by atomic mass is 16.2. The number of carbonyl (C=O) groups is 3. The number of Topliss-reactive ketones (excluding diaryl/α,β-unsaturated/α-hetero) is 2. The second-order valence-corrected chi connectivity index (χ2v) is 7.81.